The molecule has 0 saturated heterocycles. The van der Waals surface area contributed by atoms with E-state index < -0.39 is 0 Å². The first-order chi connectivity index (χ1) is 9.28. The Balaban J connectivity index is 1.99. The lowest BCUT2D eigenvalue weighted by Gasteiger charge is -2.21. The molecule has 0 unspecified atom stereocenters. The monoisotopic (exact) mass is 262 g/mol. The van der Waals surface area contributed by atoms with Gasteiger partial charge < -0.3 is 11.1 Å². The molecule has 1 fully saturated rings. The molecule has 1 aromatic rings. The molecule has 1 aliphatic rings. The fourth-order valence-corrected chi connectivity index (χ4v) is 2.74. The van der Waals surface area contributed by atoms with Crippen molar-refractivity contribution in [3.8, 4) is 0 Å². The molecule has 106 valence electrons. The van der Waals surface area contributed by atoms with E-state index in [0.29, 0.717) is 11.9 Å². The number of anilines is 2. The second-order valence-electron chi connectivity index (χ2n) is 5.53. The van der Waals surface area contributed by atoms with E-state index in [2.05, 4.69) is 22.2 Å². The third kappa shape index (κ3) is 4.69. The molecule has 4 heteroatoms. The van der Waals surface area contributed by atoms with Gasteiger partial charge in [0.25, 0.3) is 0 Å². The predicted molar refractivity (Wildman–Crippen MR) is 80.2 cm³/mol. The number of hydrogen-bond donors (Lipinski definition) is 2. The summed E-state index contributed by atoms with van der Waals surface area (Å²) in [5.41, 5.74) is 5.86. The molecule has 2 rings (SSSR count). The van der Waals surface area contributed by atoms with Crippen LogP contribution in [0, 0.1) is 0 Å². The molecular weight excluding hydrogens is 236 g/mol. The number of nitrogen functional groups attached to an aromatic ring is 1. The van der Waals surface area contributed by atoms with Crippen LogP contribution in [0.4, 0.5) is 11.6 Å². The first-order valence-corrected chi connectivity index (χ1v) is 7.68. The zero-order chi connectivity index (χ0) is 13.5. The predicted octanol–water partition coefficient (Wildman–Crippen LogP) is 3.54. The number of rotatable bonds is 4. The van der Waals surface area contributed by atoms with Gasteiger partial charge in [-0.2, -0.15) is 0 Å². The van der Waals surface area contributed by atoms with Crippen LogP contribution >= 0.6 is 0 Å². The van der Waals surface area contributed by atoms with Crippen LogP contribution in [0.25, 0.3) is 0 Å². The highest BCUT2D eigenvalue weighted by Gasteiger charge is 2.12. The van der Waals surface area contributed by atoms with E-state index in [-0.39, 0.29) is 0 Å². The fourth-order valence-electron chi connectivity index (χ4n) is 2.74. The molecular formula is C15H26N4. The van der Waals surface area contributed by atoms with Crippen LogP contribution in [-0.4, -0.2) is 16.0 Å². The van der Waals surface area contributed by atoms with E-state index in [1.165, 1.54) is 44.9 Å². The lowest BCUT2D eigenvalue weighted by molar-refractivity contribution is 0.470. The third-order valence-corrected chi connectivity index (χ3v) is 3.72. The summed E-state index contributed by atoms with van der Waals surface area (Å²) in [5.74, 6) is 2.34. The third-order valence-electron chi connectivity index (χ3n) is 3.72. The Morgan fingerprint density at radius 1 is 1.16 bits per heavy atom. The second-order valence-corrected chi connectivity index (χ2v) is 5.53. The van der Waals surface area contributed by atoms with Crippen molar-refractivity contribution in [2.75, 3.05) is 11.1 Å². The van der Waals surface area contributed by atoms with Crippen LogP contribution in [-0.2, 0) is 6.42 Å². The minimum atomic E-state index is 0.545. The summed E-state index contributed by atoms with van der Waals surface area (Å²) < 4.78 is 0. The van der Waals surface area contributed by atoms with Crippen molar-refractivity contribution in [2.24, 2.45) is 0 Å². The van der Waals surface area contributed by atoms with Crippen molar-refractivity contribution in [3.05, 3.63) is 11.9 Å². The van der Waals surface area contributed by atoms with Gasteiger partial charge in [-0.3, -0.25) is 0 Å². The topological polar surface area (TPSA) is 63.8 Å². The van der Waals surface area contributed by atoms with Gasteiger partial charge in [0.15, 0.2) is 0 Å². The van der Waals surface area contributed by atoms with Gasteiger partial charge >= 0.3 is 0 Å². The quantitative estimate of drug-likeness (QED) is 0.871. The molecule has 0 aliphatic heterocycles. The number of nitrogens with zero attached hydrogens (tertiary/aromatic N) is 2. The molecule has 1 heterocycles. The Bertz CT molecular complexity index is 384. The molecule has 3 N–H and O–H groups in total. The Hall–Kier alpha value is -1.32. The van der Waals surface area contributed by atoms with Gasteiger partial charge in [0.2, 0.25) is 0 Å². The maximum absolute atomic E-state index is 5.86. The normalized spacial score (nSPS) is 17.7. The summed E-state index contributed by atoms with van der Waals surface area (Å²) >= 11 is 0. The van der Waals surface area contributed by atoms with Crippen LogP contribution in [0.1, 0.15) is 64.1 Å². The lowest BCUT2D eigenvalue weighted by Crippen LogP contribution is -2.21. The van der Waals surface area contributed by atoms with Gasteiger partial charge in [-0.15, -0.1) is 0 Å². The lowest BCUT2D eigenvalue weighted by atomic mass is 9.97. The molecule has 0 atom stereocenters. The highest BCUT2D eigenvalue weighted by molar-refractivity contribution is 5.45. The van der Waals surface area contributed by atoms with E-state index in [1.54, 1.807) is 0 Å². The van der Waals surface area contributed by atoms with E-state index in [4.69, 9.17) is 5.73 Å². The van der Waals surface area contributed by atoms with E-state index in [0.717, 1.165) is 24.5 Å². The molecule has 1 saturated carbocycles. The average Bonchev–Trinajstić information content (AvgIpc) is 2.32. The molecule has 0 bridgehead atoms. The average molecular weight is 262 g/mol. The number of nitrogens with one attached hydrogen (secondary N) is 1. The number of aromatic nitrogens is 2. The summed E-state index contributed by atoms with van der Waals surface area (Å²) in [6.07, 6.45) is 11.2. The van der Waals surface area contributed by atoms with Crippen molar-refractivity contribution in [1.29, 1.82) is 0 Å². The Morgan fingerprint density at radius 3 is 2.53 bits per heavy atom. The molecule has 4 nitrogen and oxygen atoms in total. The smallest absolute Gasteiger partial charge is 0.133 e. The first-order valence-electron chi connectivity index (χ1n) is 7.68. The summed E-state index contributed by atoms with van der Waals surface area (Å²) in [5, 5.41) is 3.56. The highest BCUT2D eigenvalue weighted by atomic mass is 15.1. The van der Waals surface area contributed by atoms with Crippen LogP contribution in [0.3, 0.4) is 0 Å². The zero-order valence-corrected chi connectivity index (χ0v) is 12.0. The van der Waals surface area contributed by atoms with E-state index in [9.17, 15) is 0 Å². The summed E-state index contributed by atoms with van der Waals surface area (Å²) in [7, 11) is 0. The Labute approximate surface area is 116 Å². The molecule has 19 heavy (non-hydrogen) atoms. The summed E-state index contributed by atoms with van der Waals surface area (Å²) in [6.45, 7) is 2.13. The van der Waals surface area contributed by atoms with E-state index in [1.807, 2.05) is 6.07 Å². The van der Waals surface area contributed by atoms with Crippen molar-refractivity contribution in [3.63, 3.8) is 0 Å². The molecule has 1 aromatic heterocycles. The van der Waals surface area contributed by atoms with E-state index >= 15 is 0 Å². The van der Waals surface area contributed by atoms with Gasteiger partial charge in [-0.1, -0.05) is 39.0 Å². The summed E-state index contributed by atoms with van der Waals surface area (Å²) in [4.78, 5) is 8.85. The minimum Gasteiger partial charge on any atom is -0.384 e. The summed E-state index contributed by atoms with van der Waals surface area (Å²) in [6, 6.07) is 2.40. The zero-order valence-electron chi connectivity index (χ0n) is 12.0. The SMILES string of the molecule is CCCc1nc(N)cc(NC2CCCCCCC2)n1. The van der Waals surface area contributed by atoms with Gasteiger partial charge in [-0.25, -0.2) is 9.97 Å². The standard InChI is InChI=1S/C15H26N4/c1-2-8-14-18-13(16)11-15(19-14)17-12-9-6-4-3-5-7-10-12/h11-12H,2-10H2,1H3,(H3,16,17,18,19). The van der Waals surface area contributed by atoms with Crippen molar-refractivity contribution < 1.29 is 0 Å². The largest absolute Gasteiger partial charge is 0.384 e. The number of nitrogens with two attached hydrogens (primary N) is 1. The molecule has 0 amide bonds. The van der Waals surface area contributed by atoms with Gasteiger partial charge in [0.1, 0.15) is 17.5 Å². The fraction of sp³-hybridized carbons (Fsp3) is 0.733. The second kappa shape index (κ2) is 7.31. The first kappa shape index (κ1) is 14.1. The highest BCUT2D eigenvalue weighted by Crippen LogP contribution is 2.20. The van der Waals surface area contributed by atoms with Crippen molar-refractivity contribution in [2.45, 2.75) is 70.8 Å². The van der Waals surface area contributed by atoms with Gasteiger partial charge in [-0.05, 0) is 19.3 Å². The molecule has 1 aliphatic carbocycles. The Morgan fingerprint density at radius 2 is 1.84 bits per heavy atom. The molecule has 0 radical (unpaired) electrons. The number of hydrogen-bond acceptors (Lipinski definition) is 4. The van der Waals surface area contributed by atoms with Gasteiger partial charge in [0.05, 0.1) is 0 Å². The maximum Gasteiger partial charge on any atom is 0.133 e. The van der Waals surface area contributed by atoms with Crippen LogP contribution < -0.4 is 11.1 Å². The maximum atomic E-state index is 5.86. The minimum absolute atomic E-state index is 0.545. The van der Waals surface area contributed by atoms with Gasteiger partial charge in [0, 0.05) is 18.5 Å². The van der Waals surface area contributed by atoms with Crippen LogP contribution in [0.5, 0.6) is 0 Å². The van der Waals surface area contributed by atoms with Crippen molar-refractivity contribution >= 4 is 11.6 Å². The molecule has 0 aromatic carbocycles. The van der Waals surface area contributed by atoms with Crippen LogP contribution in [0.2, 0.25) is 0 Å². The molecule has 0 spiro atoms. The van der Waals surface area contributed by atoms with Crippen LogP contribution in [0.15, 0.2) is 6.07 Å². The van der Waals surface area contributed by atoms with Crippen molar-refractivity contribution in [1.82, 2.24) is 9.97 Å². The number of aryl methyl sites for hydroxylation is 1. The Kier molecular flexibility index (Phi) is 5.43.